The van der Waals surface area contributed by atoms with Crippen molar-refractivity contribution in [2.45, 2.75) is 32.8 Å². The number of carbonyl (C=O) groups excluding carboxylic acids is 2. The number of carbonyl (C=O) groups is 2. The van der Waals surface area contributed by atoms with E-state index in [2.05, 4.69) is 0 Å². The number of benzene rings is 2. The summed E-state index contributed by atoms with van der Waals surface area (Å²) in [4.78, 5) is 26.3. The molecule has 0 heterocycles. The molecule has 3 rings (SSSR count). The molecule has 0 spiro atoms. The maximum absolute atomic E-state index is 12.9. The molecule has 0 N–H and O–H groups in total. The highest BCUT2D eigenvalue weighted by Crippen LogP contribution is 2.30. The molecule has 2 aromatic carbocycles. The average Bonchev–Trinajstić information content (AvgIpc) is 3.54. The average molecular weight is 381 g/mol. The van der Waals surface area contributed by atoms with Gasteiger partial charge in [0.15, 0.2) is 0 Å². The molecule has 0 aliphatic heterocycles. The zero-order valence-corrected chi connectivity index (χ0v) is 16.3. The van der Waals surface area contributed by atoms with Crippen molar-refractivity contribution in [3.05, 3.63) is 65.7 Å². The Balaban J connectivity index is 1.57. The molecular weight excluding hydrogens is 354 g/mol. The topological polar surface area (TPSA) is 55.8 Å². The van der Waals surface area contributed by atoms with Crippen LogP contribution in [-0.2, 0) is 16.1 Å². The van der Waals surface area contributed by atoms with Gasteiger partial charge in [-0.2, -0.15) is 0 Å². The van der Waals surface area contributed by atoms with E-state index < -0.39 is 0 Å². The summed E-state index contributed by atoms with van der Waals surface area (Å²) in [6, 6.07) is 17.2. The second-order valence-electron chi connectivity index (χ2n) is 7.05. The number of rotatable bonds is 10. The monoisotopic (exact) mass is 381 g/mol. The van der Waals surface area contributed by atoms with E-state index in [0.29, 0.717) is 37.8 Å². The lowest BCUT2D eigenvalue weighted by atomic mass is 10.1. The number of amides is 1. The summed E-state index contributed by atoms with van der Waals surface area (Å²) >= 11 is 0. The molecule has 1 aliphatic carbocycles. The Kier molecular flexibility index (Phi) is 7.06. The van der Waals surface area contributed by atoms with Gasteiger partial charge in [0.05, 0.1) is 13.0 Å². The van der Waals surface area contributed by atoms with Gasteiger partial charge in [-0.1, -0.05) is 30.3 Å². The molecular formula is C23H27NO4. The Morgan fingerprint density at radius 1 is 1.04 bits per heavy atom. The van der Waals surface area contributed by atoms with Crippen molar-refractivity contribution in [2.75, 3.05) is 19.7 Å². The van der Waals surface area contributed by atoms with Crippen LogP contribution in [0.1, 0.15) is 42.1 Å². The summed E-state index contributed by atoms with van der Waals surface area (Å²) in [7, 11) is 0. The number of hydrogen-bond donors (Lipinski definition) is 0. The molecule has 5 heteroatoms. The van der Waals surface area contributed by atoms with E-state index in [1.807, 2.05) is 42.5 Å². The smallest absolute Gasteiger partial charge is 0.307 e. The van der Waals surface area contributed by atoms with Gasteiger partial charge in [0.1, 0.15) is 12.4 Å². The van der Waals surface area contributed by atoms with Crippen molar-refractivity contribution in [2.24, 2.45) is 5.92 Å². The second kappa shape index (κ2) is 9.93. The van der Waals surface area contributed by atoms with Crippen LogP contribution in [0.15, 0.2) is 54.6 Å². The van der Waals surface area contributed by atoms with E-state index in [4.69, 9.17) is 9.47 Å². The van der Waals surface area contributed by atoms with E-state index >= 15 is 0 Å². The summed E-state index contributed by atoms with van der Waals surface area (Å²) in [5.74, 6) is 0.965. The molecule has 1 saturated carbocycles. The predicted molar refractivity (Wildman–Crippen MR) is 107 cm³/mol. The summed E-state index contributed by atoms with van der Waals surface area (Å²) in [5.41, 5.74) is 1.70. The SMILES string of the molecule is CCOC(=O)CCN(CC1CC1)C(=O)c1ccc(OCc2ccccc2)cc1. The third-order valence-electron chi connectivity index (χ3n) is 4.70. The van der Waals surface area contributed by atoms with Crippen LogP contribution in [0.5, 0.6) is 5.75 Å². The highest BCUT2D eigenvalue weighted by molar-refractivity contribution is 5.94. The van der Waals surface area contributed by atoms with Gasteiger partial charge in [0.25, 0.3) is 5.91 Å². The molecule has 0 atom stereocenters. The van der Waals surface area contributed by atoms with Gasteiger partial charge in [-0.05, 0) is 55.5 Å². The van der Waals surface area contributed by atoms with Gasteiger partial charge < -0.3 is 14.4 Å². The van der Waals surface area contributed by atoms with Crippen molar-refractivity contribution in [3.63, 3.8) is 0 Å². The van der Waals surface area contributed by atoms with Gasteiger partial charge in [-0.15, -0.1) is 0 Å². The first-order valence-electron chi connectivity index (χ1n) is 9.87. The van der Waals surface area contributed by atoms with E-state index in [-0.39, 0.29) is 18.3 Å². The van der Waals surface area contributed by atoms with Gasteiger partial charge in [-0.3, -0.25) is 9.59 Å². The van der Waals surface area contributed by atoms with Gasteiger partial charge in [-0.25, -0.2) is 0 Å². The molecule has 148 valence electrons. The molecule has 0 saturated heterocycles. The Bertz CT molecular complexity index is 769. The van der Waals surface area contributed by atoms with Crippen molar-refractivity contribution < 1.29 is 19.1 Å². The quantitative estimate of drug-likeness (QED) is 0.582. The normalized spacial score (nSPS) is 13.0. The highest BCUT2D eigenvalue weighted by Gasteiger charge is 2.27. The maximum atomic E-state index is 12.9. The third-order valence-corrected chi connectivity index (χ3v) is 4.70. The van der Waals surface area contributed by atoms with Crippen LogP contribution in [0, 0.1) is 5.92 Å². The molecule has 0 bridgehead atoms. The zero-order chi connectivity index (χ0) is 19.8. The first-order valence-corrected chi connectivity index (χ1v) is 9.87. The van der Waals surface area contributed by atoms with Crippen LogP contribution in [0.2, 0.25) is 0 Å². The fourth-order valence-electron chi connectivity index (χ4n) is 2.96. The minimum Gasteiger partial charge on any atom is -0.489 e. The summed E-state index contributed by atoms with van der Waals surface area (Å²) in [5, 5.41) is 0. The molecule has 2 aromatic rings. The van der Waals surface area contributed by atoms with Crippen LogP contribution in [0.25, 0.3) is 0 Å². The molecule has 5 nitrogen and oxygen atoms in total. The number of hydrogen-bond acceptors (Lipinski definition) is 4. The Morgan fingerprint density at radius 2 is 1.75 bits per heavy atom. The number of ether oxygens (including phenoxy) is 2. The molecule has 1 fully saturated rings. The lowest BCUT2D eigenvalue weighted by Gasteiger charge is -2.22. The van der Waals surface area contributed by atoms with Crippen LogP contribution in [0.3, 0.4) is 0 Å². The Hall–Kier alpha value is -2.82. The number of esters is 1. The largest absolute Gasteiger partial charge is 0.489 e. The predicted octanol–water partition coefficient (Wildman–Crippen LogP) is 4.07. The highest BCUT2D eigenvalue weighted by atomic mass is 16.5. The fourth-order valence-corrected chi connectivity index (χ4v) is 2.96. The van der Waals surface area contributed by atoms with Crippen LogP contribution in [-0.4, -0.2) is 36.5 Å². The molecule has 1 aliphatic rings. The minimum absolute atomic E-state index is 0.0502. The van der Waals surface area contributed by atoms with Gasteiger partial charge in [0, 0.05) is 18.7 Å². The summed E-state index contributed by atoms with van der Waals surface area (Å²) in [6.07, 6.45) is 2.52. The first-order chi connectivity index (χ1) is 13.7. The van der Waals surface area contributed by atoms with E-state index in [0.717, 1.165) is 24.2 Å². The van der Waals surface area contributed by atoms with Crippen LogP contribution < -0.4 is 4.74 Å². The van der Waals surface area contributed by atoms with Crippen molar-refractivity contribution in [3.8, 4) is 5.75 Å². The van der Waals surface area contributed by atoms with Crippen molar-refractivity contribution in [1.82, 2.24) is 4.90 Å². The lowest BCUT2D eigenvalue weighted by Crippen LogP contribution is -2.35. The van der Waals surface area contributed by atoms with E-state index in [1.54, 1.807) is 24.0 Å². The van der Waals surface area contributed by atoms with Gasteiger partial charge >= 0.3 is 5.97 Å². The maximum Gasteiger partial charge on any atom is 0.307 e. The second-order valence-corrected chi connectivity index (χ2v) is 7.05. The minimum atomic E-state index is -0.263. The van der Waals surface area contributed by atoms with E-state index in [1.165, 1.54) is 0 Å². The third kappa shape index (κ3) is 6.12. The first kappa shape index (κ1) is 19.9. The standard InChI is InChI=1S/C23H27NO4/c1-2-27-22(25)14-15-24(16-18-8-9-18)23(26)20-10-12-21(13-11-20)28-17-19-6-4-3-5-7-19/h3-7,10-13,18H,2,8-9,14-17H2,1H3. The lowest BCUT2D eigenvalue weighted by molar-refractivity contribution is -0.143. The van der Waals surface area contributed by atoms with Gasteiger partial charge in [0.2, 0.25) is 0 Å². The van der Waals surface area contributed by atoms with Crippen LogP contribution >= 0.6 is 0 Å². The Labute approximate surface area is 166 Å². The molecule has 0 aromatic heterocycles. The molecule has 28 heavy (non-hydrogen) atoms. The van der Waals surface area contributed by atoms with Crippen molar-refractivity contribution >= 4 is 11.9 Å². The number of nitrogens with zero attached hydrogens (tertiary/aromatic N) is 1. The van der Waals surface area contributed by atoms with E-state index in [9.17, 15) is 9.59 Å². The molecule has 0 unspecified atom stereocenters. The molecule has 1 amide bonds. The van der Waals surface area contributed by atoms with Crippen LogP contribution in [0.4, 0.5) is 0 Å². The molecule has 0 radical (unpaired) electrons. The zero-order valence-electron chi connectivity index (χ0n) is 16.3. The van der Waals surface area contributed by atoms with Crippen molar-refractivity contribution in [1.29, 1.82) is 0 Å². The Morgan fingerprint density at radius 3 is 2.39 bits per heavy atom. The fraction of sp³-hybridized carbons (Fsp3) is 0.391. The summed E-state index contributed by atoms with van der Waals surface area (Å²) < 4.78 is 10.8. The summed E-state index contributed by atoms with van der Waals surface area (Å²) in [6.45, 7) is 3.72.